The summed E-state index contributed by atoms with van der Waals surface area (Å²) in [6.45, 7) is 3.19. The first-order chi connectivity index (χ1) is 6.81. The van der Waals surface area contributed by atoms with E-state index in [9.17, 15) is 0 Å². The van der Waals surface area contributed by atoms with Gasteiger partial charge in [-0.05, 0) is 37.3 Å². The SMILES string of the molecule is COc1cccc(C)c1NCC1CC1. The molecular weight excluding hydrogens is 174 g/mol. The first-order valence-corrected chi connectivity index (χ1v) is 5.18. The molecule has 0 aliphatic heterocycles. The number of rotatable bonds is 4. The summed E-state index contributed by atoms with van der Waals surface area (Å²) in [5.41, 5.74) is 2.41. The van der Waals surface area contributed by atoms with Crippen LogP contribution in [0.1, 0.15) is 18.4 Å². The number of hydrogen-bond acceptors (Lipinski definition) is 2. The molecule has 2 heteroatoms. The van der Waals surface area contributed by atoms with Crippen molar-refractivity contribution in [1.29, 1.82) is 0 Å². The zero-order valence-electron chi connectivity index (χ0n) is 8.84. The van der Waals surface area contributed by atoms with Crippen LogP contribution in [-0.4, -0.2) is 13.7 Å². The molecule has 0 amide bonds. The van der Waals surface area contributed by atoms with Gasteiger partial charge in [0.25, 0.3) is 0 Å². The van der Waals surface area contributed by atoms with E-state index in [2.05, 4.69) is 18.3 Å². The van der Waals surface area contributed by atoms with Gasteiger partial charge < -0.3 is 10.1 Å². The van der Waals surface area contributed by atoms with Gasteiger partial charge in [0, 0.05) is 6.54 Å². The van der Waals surface area contributed by atoms with E-state index in [-0.39, 0.29) is 0 Å². The Morgan fingerprint density at radius 1 is 1.43 bits per heavy atom. The number of nitrogens with one attached hydrogen (secondary N) is 1. The maximum atomic E-state index is 5.32. The van der Waals surface area contributed by atoms with Crippen LogP contribution >= 0.6 is 0 Å². The summed E-state index contributed by atoms with van der Waals surface area (Å²) in [5, 5.41) is 3.47. The maximum absolute atomic E-state index is 5.32. The molecule has 0 saturated heterocycles. The third kappa shape index (κ3) is 2.00. The van der Waals surface area contributed by atoms with Crippen LogP contribution in [0.25, 0.3) is 0 Å². The molecule has 1 aromatic carbocycles. The van der Waals surface area contributed by atoms with Crippen LogP contribution in [0.5, 0.6) is 5.75 Å². The highest BCUT2D eigenvalue weighted by Crippen LogP contribution is 2.32. The Labute approximate surface area is 85.3 Å². The van der Waals surface area contributed by atoms with Gasteiger partial charge in [-0.25, -0.2) is 0 Å². The van der Waals surface area contributed by atoms with Crippen LogP contribution in [-0.2, 0) is 0 Å². The molecule has 0 unspecified atom stereocenters. The lowest BCUT2D eigenvalue weighted by Crippen LogP contribution is -2.06. The average Bonchev–Trinajstić information content (AvgIpc) is 2.99. The molecule has 2 nitrogen and oxygen atoms in total. The summed E-state index contributed by atoms with van der Waals surface area (Å²) in [7, 11) is 1.72. The Morgan fingerprint density at radius 2 is 2.21 bits per heavy atom. The molecule has 0 radical (unpaired) electrons. The number of methoxy groups -OCH3 is 1. The lowest BCUT2D eigenvalue weighted by atomic mass is 10.2. The van der Waals surface area contributed by atoms with Gasteiger partial charge in [-0.2, -0.15) is 0 Å². The first-order valence-electron chi connectivity index (χ1n) is 5.18. The zero-order valence-corrected chi connectivity index (χ0v) is 8.84. The summed E-state index contributed by atoms with van der Waals surface area (Å²) >= 11 is 0. The van der Waals surface area contributed by atoms with Crippen molar-refractivity contribution in [2.24, 2.45) is 5.92 Å². The van der Waals surface area contributed by atoms with Crippen LogP contribution in [0.15, 0.2) is 18.2 Å². The summed E-state index contributed by atoms with van der Waals surface area (Å²) < 4.78 is 5.32. The Hall–Kier alpha value is -1.18. The summed E-state index contributed by atoms with van der Waals surface area (Å²) in [6.07, 6.45) is 2.75. The molecule has 76 valence electrons. The Balaban J connectivity index is 2.11. The van der Waals surface area contributed by atoms with Gasteiger partial charge in [-0.15, -0.1) is 0 Å². The van der Waals surface area contributed by atoms with Crippen molar-refractivity contribution in [2.45, 2.75) is 19.8 Å². The van der Waals surface area contributed by atoms with Crippen LogP contribution in [0.2, 0.25) is 0 Å². The molecule has 0 spiro atoms. The Kier molecular flexibility index (Phi) is 2.62. The molecule has 14 heavy (non-hydrogen) atoms. The van der Waals surface area contributed by atoms with Crippen molar-refractivity contribution in [3.05, 3.63) is 23.8 Å². The van der Waals surface area contributed by atoms with E-state index >= 15 is 0 Å². The number of aryl methyl sites for hydroxylation is 1. The normalized spacial score (nSPS) is 15.3. The zero-order chi connectivity index (χ0) is 9.97. The lowest BCUT2D eigenvalue weighted by molar-refractivity contribution is 0.416. The predicted octanol–water partition coefficient (Wildman–Crippen LogP) is 2.83. The van der Waals surface area contributed by atoms with Gasteiger partial charge in [0.05, 0.1) is 12.8 Å². The highest BCUT2D eigenvalue weighted by atomic mass is 16.5. The Morgan fingerprint density at radius 3 is 2.86 bits per heavy atom. The second-order valence-corrected chi connectivity index (χ2v) is 3.98. The lowest BCUT2D eigenvalue weighted by Gasteiger charge is -2.13. The maximum Gasteiger partial charge on any atom is 0.142 e. The van der Waals surface area contributed by atoms with Crippen LogP contribution in [0, 0.1) is 12.8 Å². The fraction of sp³-hybridized carbons (Fsp3) is 0.500. The van der Waals surface area contributed by atoms with E-state index in [1.807, 2.05) is 12.1 Å². The van der Waals surface area contributed by atoms with Crippen LogP contribution in [0.3, 0.4) is 0 Å². The standard InChI is InChI=1S/C12H17NO/c1-9-4-3-5-11(14-2)12(9)13-8-10-6-7-10/h3-5,10,13H,6-8H2,1-2H3. The average molecular weight is 191 g/mol. The third-order valence-corrected chi connectivity index (χ3v) is 2.72. The molecule has 1 fully saturated rings. The minimum absolute atomic E-state index is 0.888. The number of hydrogen-bond donors (Lipinski definition) is 1. The summed E-state index contributed by atoms with van der Waals surface area (Å²) in [5.74, 6) is 1.84. The molecular formula is C12H17NO. The molecule has 1 aliphatic rings. The molecule has 0 bridgehead atoms. The fourth-order valence-electron chi connectivity index (χ4n) is 1.61. The second-order valence-electron chi connectivity index (χ2n) is 3.98. The third-order valence-electron chi connectivity index (χ3n) is 2.72. The van der Waals surface area contributed by atoms with E-state index in [0.717, 1.165) is 23.9 Å². The molecule has 0 heterocycles. The van der Waals surface area contributed by atoms with Gasteiger partial charge in [-0.1, -0.05) is 12.1 Å². The van der Waals surface area contributed by atoms with Crippen molar-refractivity contribution in [3.8, 4) is 5.75 Å². The number of benzene rings is 1. The van der Waals surface area contributed by atoms with Crippen molar-refractivity contribution >= 4 is 5.69 Å². The topological polar surface area (TPSA) is 21.3 Å². The highest BCUT2D eigenvalue weighted by Gasteiger charge is 2.21. The number of para-hydroxylation sites is 1. The van der Waals surface area contributed by atoms with Gasteiger partial charge in [0.2, 0.25) is 0 Å². The van der Waals surface area contributed by atoms with Crippen molar-refractivity contribution in [2.75, 3.05) is 19.0 Å². The first kappa shape index (κ1) is 9.38. The monoisotopic (exact) mass is 191 g/mol. The minimum Gasteiger partial charge on any atom is -0.495 e. The van der Waals surface area contributed by atoms with Crippen molar-refractivity contribution in [1.82, 2.24) is 0 Å². The smallest absolute Gasteiger partial charge is 0.142 e. The van der Waals surface area contributed by atoms with Gasteiger partial charge in [0.1, 0.15) is 5.75 Å². The van der Waals surface area contributed by atoms with Crippen LogP contribution < -0.4 is 10.1 Å². The van der Waals surface area contributed by atoms with Crippen molar-refractivity contribution < 1.29 is 4.74 Å². The largest absolute Gasteiger partial charge is 0.495 e. The fourth-order valence-corrected chi connectivity index (χ4v) is 1.61. The molecule has 1 aliphatic carbocycles. The number of anilines is 1. The molecule has 1 N–H and O–H groups in total. The Bertz CT molecular complexity index is 318. The van der Waals surface area contributed by atoms with Crippen LogP contribution in [0.4, 0.5) is 5.69 Å². The van der Waals surface area contributed by atoms with E-state index < -0.39 is 0 Å². The summed E-state index contributed by atoms with van der Waals surface area (Å²) in [4.78, 5) is 0. The van der Waals surface area contributed by atoms with Gasteiger partial charge in [-0.3, -0.25) is 0 Å². The van der Waals surface area contributed by atoms with Crippen molar-refractivity contribution in [3.63, 3.8) is 0 Å². The molecule has 2 rings (SSSR count). The molecule has 0 atom stereocenters. The van der Waals surface area contributed by atoms with E-state index in [1.54, 1.807) is 7.11 Å². The molecule has 1 saturated carbocycles. The summed E-state index contributed by atoms with van der Waals surface area (Å²) in [6, 6.07) is 6.14. The molecule has 0 aromatic heterocycles. The van der Waals surface area contributed by atoms with E-state index in [1.165, 1.54) is 18.4 Å². The van der Waals surface area contributed by atoms with Gasteiger partial charge in [0.15, 0.2) is 0 Å². The van der Waals surface area contributed by atoms with Gasteiger partial charge >= 0.3 is 0 Å². The second kappa shape index (κ2) is 3.91. The van der Waals surface area contributed by atoms with E-state index in [4.69, 9.17) is 4.74 Å². The predicted molar refractivity (Wildman–Crippen MR) is 58.9 cm³/mol. The minimum atomic E-state index is 0.888. The molecule has 1 aromatic rings. The van der Waals surface area contributed by atoms with E-state index in [0.29, 0.717) is 0 Å². The number of ether oxygens (including phenoxy) is 1. The highest BCUT2D eigenvalue weighted by molar-refractivity contribution is 5.61. The quantitative estimate of drug-likeness (QED) is 0.790.